The van der Waals surface area contributed by atoms with E-state index < -0.39 is 9.84 Å². The number of hydrogen-bond donors (Lipinski definition) is 0. The highest BCUT2D eigenvalue weighted by Gasteiger charge is 2.27. The zero-order chi connectivity index (χ0) is 22.8. The fourth-order valence-corrected chi connectivity index (χ4v) is 5.61. The van der Waals surface area contributed by atoms with Gasteiger partial charge in [-0.3, -0.25) is 9.69 Å². The van der Waals surface area contributed by atoms with Crippen molar-refractivity contribution in [3.05, 3.63) is 52.5 Å². The molecular weight excluding hydrogens is 454 g/mol. The van der Waals surface area contributed by atoms with Crippen molar-refractivity contribution in [2.75, 3.05) is 37.3 Å². The number of anilines is 1. The number of aromatic nitrogens is 1. The Morgan fingerprint density at radius 1 is 1.10 bits per heavy atom. The predicted molar refractivity (Wildman–Crippen MR) is 128 cm³/mol. The molecule has 0 aliphatic rings. The summed E-state index contributed by atoms with van der Waals surface area (Å²) in [5, 5.41) is 1.09. The molecular formula is C22H26ClN3O3S2. The average Bonchev–Trinajstić information content (AvgIpc) is 3.19. The Bertz CT molecular complexity index is 1160. The van der Waals surface area contributed by atoms with Crippen molar-refractivity contribution in [3.63, 3.8) is 0 Å². The molecule has 0 spiro atoms. The maximum absolute atomic E-state index is 13.6. The number of halogens is 1. The topological polar surface area (TPSA) is 70.6 Å². The van der Waals surface area contributed by atoms with Crippen LogP contribution in [0, 0.1) is 6.92 Å². The van der Waals surface area contributed by atoms with Gasteiger partial charge in [0.25, 0.3) is 5.91 Å². The molecule has 166 valence electrons. The Kier molecular flexibility index (Phi) is 7.36. The van der Waals surface area contributed by atoms with Crippen molar-refractivity contribution < 1.29 is 13.2 Å². The Balaban J connectivity index is 2.11. The first kappa shape index (κ1) is 23.7. The lowest BCUT2D eigenvalue weighted by molar-refractivity contribution is 0.0980. The number of carbonyl (C=O) groups excluding carboxylic acids is 1. The zero-order valence-electron chi connectivity index (χ0n) is 18.1. The number of hydrogen-bond acceptors (Lipinski definition) is 6. The van der Waals surface area contributed by atoms with Crippen LogP contribution in [0.3, 0.4) is 0 Å². The van der Waals surface area contributed by atoms with Crippen LogP contribution in [0.2, 0.25) is 5.02 Å². The van der Waals surface area contributed by atoms with Crippen LogP contribution in [0.25, 0.3) is 10.2 Å². The predicted octanol–water partition coefficient (Wildman–Crippen LogP) is 4.65. The van der Waals surface area contributed by atoms with E-state index in [1.54, 1.807) is 23.1 Å². The maximum atomic E-state index is 13.6. The minimum absolute atomic E-state index is 0.0168. The standard InChI is InChI=1S/C22H26ClN3O3S2/c1-5-25(6-2)13-14-26(21(27)16-9-7-8-10-18(16)31(4,28)29)22-24-19-15(3)11-12-17(23)20(19)30-22/h7-12H,5-6,13-14H2,1-4H3. The van der Waals surface area contributed by atoms with Gasteiger partial charge in [-0.15, -0.1) is 0 Å². The first-order valence-electron chi connectivity index (χ1n) is 10.1. The number of nitrogens with zero attached hydrogens (tertiary/aromatic N) is 3. The molecule has 1 heterocycles. The van der Waals surface area contributed by atoms with Gasteiger partial charge in [0.05, 0.1) is 25.7 Å². The number of aryl methyl sites for hydroxylation is 1. The van der Waals surface area contributed by atoms with Crippen molar-refractivity contribution >= 4 is 54.0 Å². The number of sulfone groups is 1. The Morgan fingerprint density at radius 2 is 1.77 bits per heavy atom. The number of carbonyl (C=O) groups is 1. The molecule has 1 aromatic heterocycles. The number of amides is 1. The summed E-state index contributed by atoms with van der Waals surface area (Å²) in [6, 6.07) is 10.0. The van der Waals surface area contributed by atoms with Gasteiger partial charge in [-0.05, 0) is 43.8 Å². The van der Waals surface area contributed by atoms with Crippen LogP contribution < -0.4 is 4.90 Å². The van der Waals surface area contributed by atoms with Crippen LogP contribution in [0.4, 0.5) is 5.13 Å². The SMILES string of the molecule is CCN(CC)CCN(C(=O)c1ccccc1S(C)(=O)=O)c1nc2c(C)ccc(Cl)c2s1. The molecule has 1 amide bonds. The normalized spacial score (nSPS) is 11.9. The fourth-order valence-electron chi connectivity index (χ4n) is 3.38. The number of thiazole rings is 1. The lowest BCUT2D eigenvalue weighted by Gasteiger charge is -2.25. The van der Waals surface area contributed by atoms with Gasteiger partial charge in [0.15, 0.2) is 15.0 Å². The van der Waals surface area contributed by atoms with Crippen molar-refractivity contribution in [1.82, 2.24) is 9.88 Å². The van der Waals surface area contributed by atoms with E-state index in [-0.39, 0.29) is 16.4 Å². The van der Waals surface area contributed by atoms with Gasteiger partial charge in [0, 0.05) is 19.3 Å². The van der Waals surface area contributed by atoms with Crippen molar-refractivity contribution in [1.29, 1.82) is 0 Å². The van der Waals surface area contributed by atoms with Gasteiger partial charge < -0.3 is 4.90 Å². The summed E-state index contributed by atoms with van der Waals surface area (Å²) in [5.74, 6) is -0.388. The monoisotopic (exact) mass is 479 g/mol. The fraction of sp³-hybridized carbons (Fsp3) is 0.364. The molecule has 2 aromatic carbocycles. The molecule has 0 aliphatic carbocycles. The highest BCUT2D eigenvalue weighted by molar-refractivity contribution is 7.90. The van der Waals surface area contributed by atoms with Crippen LogP contribution in [0.15, 0.2) is 41.3 Å². The van der Waals surface area contributed by atoms with Gasteiger partial charge in [-0.25, -0.2) is 13.4 Å². The molecule has 0 radical (unpaired) electrons. The third-order valence-corrected chi connectivity index (χ3v) is 7.91. The summed E-state index contributed by atoms with van der Waals surface area (Å²) >= 11 is 7.72. The van der Waals surface area contributed by atoms with E-state index in [4.69, 9.17) is 16.6 Å². The second-order valence-electron chi connectivity index (χ2n) is 7.29. The molecule has 9 heteroatoms. The lowest BCUT2D eigenvalue weighted by Crippen LogP contribution is -2.39. The van der Waals surface area contributed by atoms with Crippen LogP contribution >= 0.6 is 22.9 Å². The molecule has 0 aliphatic heterocycles. The summed E-state index contributed by atoms with van der Waals surface area (Å²) in [5.41, 5.74) is 1.87. The van der Waals surface area contributed by atoms with Crippen LogP contribution in [0.5, 0.6) is 0 Å². The Morgan fingerprint density at radius 3 is 2.39 bits per heavy atom. The van der Waals surface area contributed by atoms with Gasteiger partial charge in [-0.1, -0.05) is 55.0 Å². The van der Waals surface area contributed by atoms with Gasteiger partial charge in [0.1, 0.15) is 0 Å². The van der Waals surface area contributed by atoms with Crippen molar-refractivity contribution in [2.24, 2.45) is 0 Å². The van der Waals surface area contributed by atoms with Crippen LogP contribution in [0.1, 0.15) is 29.8 Å². The molecule has 0 saturated heterocycles. The third-order valence-electron chi connectivity index (χ3n) is 5.21. The molecule has 0 saturated carbocycles. The second-order valence-corrected chi connectivity index (χ2v) is 10.7. The molecule has 31 heavy (non-hydrogen) atoms. The number of likely N-dealkylation sites (N-methyl/N-ethyl adjacent to an activating group) is 1. The van der Waals surface area contributed by atoms with Crippen molar-refractivity contribution in [3.8, 4) is 0 Å². The summed E-state index contributed by atoms with van der Waals surface area (Å²) in [6.07, 6.45) is 1.11. The number of rotatable bonds is 8. The molecule has 6 nitrogen and oxygen atoms in total. The molecule has 0 N–H and O–H groups in total. The molecule has 0 atom stereocenters. The van der Waals surface area contributed by atoms with E-state index in [0.29, 0.717) is 23.2 Å². The van der Waals surface area contributed by atoms with E-state index in [1.165, 1.54) is 17.4 Å². The molecule has 0 bridgehead atoms. The minimum atomic E-state index is -3.57. The van der Waals surface area contributed by atoms with E-state index in [0.717, 1.165) is 35.1 Å². The largest absolute Gasteiger partial charge is 0.302 e. The van der Waals surface area contributed by atoms with Gasteiger partial charge in [0.2, 0.25) is 0 Å². The molecule has 0 fully saturated rings. The van der Waals surface area contributed by atoms with Crippen LogP contribution in [-0.2, 0) is 9.84 Å². The highest BCUT2D eigenvalue weighted by atomic mass is 35.5. The Hall–Kier alpha value is -2.00. The maximum Gasteiger partial charge on any atom is 0.261 e. The first-order chi connectivity index (χ1) is 14.7. The van der Waals surface area contributed by atoms with Gasteiger partial charge in [-0.2, -0.15) is 0 Å². The van der Waals surface area contributed by atoms with E-state index in [9.17, 15) is 13.2 Å². The zero-order valence-corrected chi connectivity index (χ0v) is 20.4. The number of benzene rings is 2. The summed E-state index contributed by atoms with van der Waals surface area (Å²) in [6.45, 7) is 8.80. The molecule has 0 unspecified atom stereocenters. The molecule has 3 aromatic rings. The second kappa shape index (κ2) is 9.65. The smallest absolute Gasteiger partial charge is 0.261 e. The van der Waals surface area contributed by atoms with E-state index in [1.807, 2.05) is 19.1 Å². The summed E-state index contributed by atoms with van der Waals surface area (Å²) < 4.78 is 25.4. The third kappa shape index (κ3) is 5.09. The summed E-state index contributed by atoms with van der Waals surface area (Å²) in [7, 11) is -3.57. The first-order valence-corrected chi connectivity index (χ1v) is 13.1. The van der Waals surface area contributed by atoms with Crippen molar-refractivity contribution in [2.45, 2.75) is 25.7 Å². The molecule has 3 rings (SSSR count). The quantitative estimate of drug-likeness (QED) is 0.470. The van der Waals surface area contributed by atoms with Crippen LogP contribution in [-0.4, -0.2) is 56.6 Å². The minimum Gasteiger partial charge on any atom is -0.302 e. The van der Waals surface area contributed by atoms with Gasteiger partial charge >= 0.3 is 0 Å². The summed E-state index contributed by atoms with van der Waals surface area (Å²) in [4.78, 5) is 22.1. The van der Waals surface area contributed by atoms with E-state index >= 15 is 0 Å². The average molecular weight is 480 g/mol. The van der Waals surface area contributed by atoms with E-state index in [2.05, 4.69) is 18.7 Å². The Labute approximate surface area is 192 Å². The highest BCUT2D eigenvalue weighted by Crippen LogP contribution is 2.36. The lowest BCUT2D eigenvalue weighted by atomic mass is 10.2. The number of fused-ring (bicyclic) bond motifs is 1.